The summed E-state index contributed by atoms with van der Waals surface area (Å²) < 4.78 is 27.8. The summed E-state index contributed by atoms with van der Waals surface area (Å²) >= 11 is 0. The summed E-state index contributed by atoms with van der Waals surface area (Å²) in [6, 6.07) is 0. The molecule has 0 saturated carbocycles. The lowest BCUT2D eigenvalue weighted by Crippen LogP contribution is -2.80. The molecule has 0 aliphatic rings. The van der Waals surface area contributed by atoms with Crippen LogP contribution >= 0.6 is 7.60 Å². The predicted molar refractivity (Wildman–Crippen MR) is 125 cm³/mol. The van der Waals surface area contributed by atoms with E-state index in [4.69, 9.17) is 14.0 Å². The Balaban J connectivity index is 3.66. The van der Waals surface area contributed by atoms with E-state index in [0.29, 0.717) is 13.2 Å². The summed E-state index contributed by atoms with van der Waals surface area (Å²) in [6.07, 6.45) is 16.3. The quantitative estimate of drug-likeness (QED) is 0.131. The Bertz CT molecular complexity index is 463. The van der Waals surface area contributed by atoms with Crippen LogP contribution < -0.4 is 5.32 Å². The van der Waals surface area contributed by atoms with Gasteiger partial charge in [0.05, 0.1) is 33.0 Å². The lowest BCUT2D eigenvalue weighted by Gasteiger charge is -2.19. The van der Waals surface area contributed by atoms with Gasteiger partial charge in [0.25, 0.3) is 0 Å². The molecular formula is C23H49NO6P+. The van der Waals surface area contributed by atoms with Crippen molar-refractivity contribution in [3.05, 3.63) is 0 Å². The minimum atomic E-state index is -3.66. The summed E-state index contributed by atoms with van der Waals surface area (Å²) in [4.78, 5) is 21.0. The lowest BCUT2D eigenvalue weighted by atomic mass is 10.0. The van der Waals surface area contributed by atoms with Crippen LogP contribution in [-0.2, 0) is 23.4 Å². The first-order chi connectivity index (χ1) is 14.9. The third-order valence-corrected chi connectivity index (χ3v) is 6.57. The molecule has 0 heterocycles. The fourth-order valence-corrected chi connectivity index (χ4v) is 4.46. The molecule has 186 valence electrons. The minimum absolute atomic E-state index is 0.0656. The Kier molecular flexibility index (Phi) is 21.1. The number of rotatable bonds is 23. The Morgan fingerprint density at radius 2 is 1.42 bits per heavy atom. The SMILES string of the molecule is CCCCCCCCCCCCCCCOCC(COP(=O)(O)CC[NH2+]C)OC(C)=O. The molecule has 0 radical (unpaired) electrons. The number of hydrogen-bond acceptors (Lipinski definition) is 5. The van der Waals surface area contributed by atoms with Crippen molar-refractivity contribution in [3.63, 3.8) is 0 Å². The summed E-state index contributed by atoms with van der Waals surface area (Å²) in [5.41, 5.74) is 0. The number of nitrogens with two attached hydrogens (primary N) is 1. The topological polar surface area (TPSA) is 98.7 Å². The summed E-state index contributed by atoms with van der Waals surface area (Å²) in [5.74, 6) is -0.451. The first-order valence-corrected chi connectivity index (χ1v) is 14.2. The number of unbranched alkanes of at least 4 members (excludes halogenated alkanes) is 12. The van der Waals surface area contributed by atoms with Gasteiger partial charge in [0, 0.05) is 13.5 Å². The summed E-state index contributed by atoms with van der Waals surface area (Å²) in [5, 5.41) is 1.81. The first kappa shape index (κ1) is 30.5. The third-order valence-electron chi connectivity index (χ3n) is 5.19. The maximum atomic E-state index is 11.9. The highest BCUT2D eigenvalue weighted by Crippen LogP contribution is 2.40. The Hall–Kier alpha value is -0.460. The number of carbonyl (C=O) groups excluding carboxylic acids is 1. The van der Waals surface area contributed by atoms with E-state index in [9.17, 15) is 14.3 Å². The molecule has 0 aromatic rings. The normalized spacial score (nSPS) is 14.3. The molecule has 7 nitrogen and oxygen atoms in total. The molecule has 0 spiro atoms. The Labute approximate surface area is 190 Å². The molecule has 0 rings (SSSR count). The molecule has 0 aliphatic carbocycles. The molecule has 0 aliphatic heterocycles. The number of esters is 1. The molecule has 3 N–H and O–H groups in total. The van der Waals surface area contributed by atoms with Gasteiger partial charge in [-0.05, 0) is 6.42 Å². The van der Waals surface area contributed by atoms with Gasteiger partial charge >= 0.3 is 13.6 Å². The molecule has 8 heteroatoms. The van der Waals surface area contributed by atoms with Crippen LogP contribution in [0.3, 0.4) is 0 Å². The molecule has 31 heavy (non-hydrogen) atoms. The molecule has 0 aromatic carbocycles. The van der Waals surface area contributed by atoms with Gasteiger partial charge in [-0.25, -0.2) is 0 Å². The van der Waals surface area contributed by atoms with Crippen LogP contribution in [0.15, 0.2) is 0 Å². The van der Waals surface area contributed by atoms with Crippen molar-refractivity contribution in [2.24, 2.45) is 0 Å². The number of quaternary nitrogens is 1. The smallest absolute Gasteiger partial charge is 0.333 e. The predicted octanol–water partition coefficient (Wildman–Crippen LogP) is 4.42. The molecule has 0 bridgehead atoms. The van der Waals surface area contributed by atoms with Gasteiger partial charge in [0.1, 0.15) is 6.10 Å². The molecule has 0 amide bonds. The van der Waals surface area contributed by atoms with Crippen molar-refractivity contribution >= 4 is 13.6 Å². The van der Waals surface area contributed by atoms with Crippen LogP contribution in [0.5, 0.6) is 0 Å². The Morgan fingerprint density at radius 1 is 0.903 bits per heavy atom. The van der Waals surface area contributed by atoms with Crippen molar-refractivity contribution < 1.29 is 33.6 Å². The van der Waals surface area contributed by atoms with Gasteiger partial charge in [-0.2, -0.15) is 0 Å². The number of carbonyl (C=O) groups is 1. The zero-order chi connectivity index (χ0) is 23.2. The number of hydrogen-bond donors (Lipinski definition) is 2. The average molecular weight is 467 g/mol. The first-order valence-electron chi connectivity index (χ1n) is 12.4. The van der Waals surface area contributed by atoms with E-state index in [1.54, 1.807) is 0 Å². The number of ether oxygens (including phenoxy) is 2. The Morgan fingerprint density at radius 3 is 1.90 bits per heavy atom. The van der Waals surface area contributed by atoms with Gasteiger partial charge in [-0.15, -0.1) is 0 Å². The van der Waals surface area contributed by atoms with Gasteiger partial charge in [0.2, 0.25) is 0 Å². The highest BCUT2D eigenvalue weighted by Gasteiger charge is 2.23. The molecule has 2 unspecified atom stereocenters. The van der Waals surface area contributed by atoms with E-state index >= 15 is 0 Å². The van der Waals surface area contributed by atoms with E-state index in [-0.39, 0.29) is 19.4 Å². The van der Waals surface area contributed by atoms with Crippen molar-refractivity contribution in [1.82, 2.24) is 0 Å². The fraction of sp³-hybridized carbons (Fsp3) is 0.957. The van der Waals surface area contributed by atoms with Gasteiger partial charge in [-0.1, -0.05) is 84.0 Å². The zero-order valence-electron chi connectivity index (χ0n) is 20.3. The third kappa shape index (κ3) is 22.5. The largest absolute Gasteiger partial charge is 0.458 e. The zero-order valence-corrected chi connectivity index (χ0v) is 21.2. The summed E-state index contributed by atoms with van der Waals surface area (Å²) in [7, 11) is -1.83. The van der Waals surface area contributed by atoms with Crippen molar-refractivity contribution in [2.45, 2.75) is 103 Å². The second-order valence-electron chi connectivity index (χ2n) is 8.40. The second kappa shape index (κ2) is 21.4. The minimum Gasteiger partial charge on any atom is -0.458 e. The standard InChI is InChI=1S/C23H48NO6P/c1-4-5-6-7-8-9-10-11-12-13-14-15-16-18-28-20-23(30-22(2)25)21-29-31(26,27)19-17-24-3/h23-24H,4-21H2,1-3H3,(H,26,27)/p+1. The van der Waals surface area contributed by atoms with E-state index in [1.165, 1.54) is 77.6 Å². The van der Waals surface area contributed by atoms with Gasteiger partial charge in [-0.3, -0.25) is 9.36 Å². The lowest BCUT2D eigenvalue weighted by molar-refractivity contribution is -0.622. The molecular weight excluding hydrogens is 417 g/mol. The second-order valence-corrected chi connectivity index (χ2v) is 10.4. The van der Waals surface area contributed by atoms with Gasteiger partial charge in [0.15, 0.2) is 0 Å². The van der Waals surface area contributed by atoms with E-state index in [1.807, 2.05) is 12.4 Å². The summed E-state index contributed by atoms with van der Waals surface area (Å²) in [6.45, 7) is 4.71. The van der Waals surface area contributed by atoms with Crippen LogP contribution in [0.4, 0.5) is 0 Å². The van der Waals surface area contributed by atoms with E-state index < -0.39 is 19.7 Å². The van der Waals surface area contributed by atoms with Crippen LogP contribution in [0.1, 0.15) is 97.3 Å². The monoisotopic (exact) mass is 466 g/mol. The highest BCUT2D eigenvalue weighted by molar-refractivity contribution is 7.52. The van der Waals surface area contributed by atoms with Crippen molar-refractivity contribution in [2.75, 3.05) is 39.6 Å². The molecule has 0 saturated heterocycles. The average Bonchev–Trinajstić information content (AvgIpc) is 2.73. The van der Waals surface area contributed by atoms with E-state index in [0.717, 1.165) is 12.8 Å². The van der Waals surface area contributed by atoms with E-state index in [2.05, 4.69) is 6.92 Å². The maximum Gasteiger partial charge on any atom is 0.333 e. The van der Waals surface area contributed by atoms with Crippen LogP contribution in [-0.4, -0.2) is 56.5 Å². The highest BCUT2D eigenvalue weighted by atomic mass is 31.2. The maximum absolute atomic E-state index is 11.9. The molecule has 2 atom stereocenters. The fourth-order valence-electron chi connectivity index (χ4n) is 3.34. The van der Waals surface area contributed by atoms with Crippen LogP contribution in [0, 0.1) is 0 Å². The van der Waals surface area contributed by atoms with Gasteiger partial charge < -0.3 is 24.2 Å². The van der Waals surface area contributed by atoms with Crippen LogP contribution in [0.2, 0.25) is 0 Å². The molecule has 0 fully saturated rings. The van der Waals surface area contributed by atoms with Crippen molar-refractivity contribution in [3.8, 4) is 0 Å². The van der Waals surface area contributed by atoms with Crippen LogP contribution in [0.25, 0.3) is 0 Å². The molecule has 0 aromatic heterocycles. The van der Waals surface area contributed by atoms with Crippen molar-refractivity contribution in [1.29, 1.82) is 0 Å².